The third kappa shape index (κ3) is 3.57. The lowest BCUT2D eigenvalue weighted by atomic mass is 9.89. The average molecular weight is 364 g/mol. The zero-order chi connectivity index (χ0) is 18.8. The van der Waals surface area contributed by atoms with Crippen LogP contribution in [0.15, 0.2) is 36.8 Å². The number of carbonyl (C=O) groups excluding carboxylic acids is 1. The number of aryl methyl sites for hydroxylation is 2. The van der Waals surface area contributed by atoms with Gasteiger partial charge in [0.05, 0.1) is 12.2 Å². The van der Waals surface area contributed by atoms with E-state index < -0.39 is 0 Å². The van der Waals surface area contributed by atoms with E-state index in [4.69, 9.17) is 5.11 Å². The minimum absolute atomic E-state index is 0.0556. The molecule has 1 aliphatic carbocycles. The molecule has 1 atom stereocenters. The summed E-state index contributed by atoms with van der Waals surface area (Å²) in [7, 11) is 0. The molecule has 2 heterocycles. The van der Waals surface area contributed by atoms with Crippen molar-refractivity contribution in [2.75, 3.05) is 6.61 Å². The molecule has 2 aromatic heterocycles. The molecule has 1 aliphatic rings. The van der Waals surface area contributed by atoms with Gasteiger partial charge in [0.2, 0.25) is 0 Å². The molecule has 0 unspecified atom stereocenters. The van der Waals surface area contributed by atoms with E-state index in [0.29, 0.717) is 17.6 Å². The molecular formula is C21H24N4O2. The molecule has 3 aromatic rings. The lowest BCUT2D eigenvalue weighted by molar-refractivity contribution is 0.0941. The SMILES string of the molecule is C[C@@H](NC(=O)c1cnn2cc(CCO)cnc12)c1ccc2c(c1)CCCC2. The number of nitrogens with one attached hydrogen (secondary N) is 1. The smallest absolute Gasteiger partial charge is 0.257 e. The molecule has 140 valence electrons. The molecule has 27 heavy (non-hydrogen) atoms. The standard InChI is InChI=1S/C21H24N4O2/c1-14(17-7-6-16-4-2-3-5-18(16)10-17)24-21(27)19-12-23-25-13-15(8-9-26)11-22-20(19)25/h6-7,10-14,26H,2-5,8-9H2,1H3,(H,24,27)/t14-/m1/s1. The Morgan fingerprint density at radius 3 is 2.89 bits per heavy atom. The number of aromatic nitrogens is 3. The molecule has 1 amide bonds. The fraction of sp³-hybridized carbons (Fsp3) is 0.381. The van der Waals surface area contributed by atoms with Gasteiger partial charge >= 0.3 is 0 Å². The molecule has 2 N–H and O–H groups in total. The Labute approximate surface area is 158 Å². The van der Waals surface area contributed by atoms with E-state index in [0.717, 1.165) is 24.0 Å². The summed E-state index contributed by atoms with van der Waals surface area (Å²) in [6.45, 7) is 2.06. The highest BCUT2D eigenvalue weighted by Gasteiger charge is 2.18. The molecule has 0 bridgehead atoms. The van der Waals surface area contributed by atoms with Crippen LogP contribution in [-0.4, -0.2) is 32.2 Å². The zero-order valence-electron chi connectivity index (χ0n) is 15.5. The van der Waals surface area contributed by atoms with Crippen molar-refractivity contribution in [1.29, 1.82) is 0 Å². The van der Waals surface area contributed by atoms with Crippen molar-refractivity contribution in [3.8, 4) is 0 Å². The van der Waals surface area contributed by atoms with Gasteiger partial charge in [0.25, 0.3) is 5.91 Å². The first-order chi connectivity index (χ1) is 13.2. The van der Waals surface area contributed by atoms with Crippen molar-refractivity contribution in [3.05, 3.63) is 64.6 Å². The number of hydrogen-bond acceptors (Lipinski definition) is 4. The summed E-state index contributed by atoms with van der Waals surface area (Å²) in [6, 6.07) is 6.46. The number of fused-ring (bicyclic) bond motifs is 2. The third-order valence-corrected chi connectivity index (χ3v) is 5.28. The summed E-state index contributed by atoms with van der Waals surface area (Å²) in [4.78, 5) is 17.1. The molecule has 6 nitrogen and oxygen atoms in total. The number of hydrogen-bond donors (Lipinski definition) is 2. The molecule has 1 aromatic carbocycles. The van der Waals surface area contributed by atoms with Gasteiger partial charge in [-0.2, -0.15) is 5.10 Å². The number of aliphatic hydroxyl groups is 1. The van der Waals surface area contributed by atoms with Gasteiger partial charge in [-0.25, -0.2) is 9.50 Å². The van der Waals surface area contributed by atoms with Crippen molar-refractivity contribution in [3.63, 3.8) is 0 Å². The summed E-state index contributed by atoms with van der Waals surface area (Å²) >= 11 is 0. The summed E-state index contributed by atoms with van der Waals surface area (Å²) in [5.41, 5.74) is 5.83. The highest BCUT2D eigenvalue weighted by molar-refractivity contribution is 5.99. The van der Waals surface area contributed by atoms with Gasteiger partial charge in [-0.05, 0) is 61.3 Å². The molecule has 0 spiro atoms. The number of benzene rings is 1. The molecule has 4 rings (SSSR count). The van der Waals surface area contributed by atoms with Gasteiger partial charge in [0.15, 0.2) is 5.65 Å². The predicted octanol–water partition coefficient (Wildman–Crippen LogP) is 2.63. The second-order valence-corrected chi connectivity index (χ2v) is 7.19. The maximum absolute atomic E-state index is 12.8. The van der Waals surface area contributed by atoms with Crippen LogP contribution in [0.5, 0.6) is 0 Å². The Hall–Kier alpha value is -2.73. The van der Waals surface area contributed by atoms with Gasteiger partial charge in [0, 0.05) is 19.0 Å². The van der Waals surface area contributed by atoms with Crippen LogP contribution in [0.25, 0.3) is 5.65 Å². The normalized spacial score (nSPS) is 14.7. The summed E-state index contributed by atoms with van der Waals surface area (Å²) < 4.78 is 1.59. The van der Waals surface area contributed by atoms with Crippen LogP contribution < -0.4 is 5.32 Å². The van der Waals surface area contributed by atoms with Gasteiger partial charge < -0.3 is 10.4 Å². The largest absolute Gasteiger partial charge is 0.396 e. The Morgan fingerprint density at radius 1 is 1.26 bits per heavy atom. The van der Waals surface area contributed by atoms with Crippen molar-refractivity contribution in [2.45, 2.75) is 45.1 Å². The highest BCUT2D eigenvalue weighted by Crippen LogP contribution is 2.25. The van der Waals surface area contributed by atoms with E-state index in [9.17, 15) is 4.79 Å². The van der Waals surface area contributed by atoms with Crippen molar-refractivity contribution in [2.24, 2.45) is 0 Å². The highest BCUT2D eigenvalue weighted by atomic mass is 16.3. The fourth-order valence-electron chi connectivity index (χ4n) is 3.71. The van der Waals surface area contributed by atoms with Crippen LogP contribution in [0.3, 0.4) is 0 Å². The quantitative estimate of drug-likeness (QED) is 0.729. The molecule has 0 aliphatic heterocycles. The average Bonchev–Trinajstić information content (AvgIpc) is 3.11. The maximum Gasteiger partial charge on any atom is 0.257 e. The lowest BCUT2D eigenvalue weighted by Gasteiger charge is -2.20. The van der Waals surface area contributed by atoms with E-state index >= 15 is 0 Å². The first-order valence-corrected chi connectivity index (χ1v) is 9.51. The van der Waals surface area contributed by atoms with Crippen molar-refractivity contribution >= 4 is 11.6 Å². The van der Waals surface area contributed by atoms with Gasteiger partial charge in [-0.15, -0.1) is 0 Å². The van der Waals surface area contributed by atoms with Crippen LogP contribution in [-0.2, 0) is 19.3 Å². The van der Waals surface area contributed by atoms with Crippen LogP contribution >= 0.6 is 0 Å². The Morgan fingerprint density at radius 2 is 2.07 bits per heavy atom. The van der Waals surface area contributed by atoms with Gasteiger partial charge in [0.1, 0.15) is 5.56 Å². The topological polar surface area (TPSA) is 79.5 Å². The summed E-state index contributed by atoms with van der Waals surface area (Å²) in [5.74, 6) is -0.183. The predicted molar refractivity (Wildman–Crippen MR) is 103 cm³/mol. The van der Waals surface area contributed by atoms with Crippen LogP contribution in [0.1, 0.15) is 58.4 Å². The summed E-state index contributed by atoms with van der Waals surface area (Å²) in [5, 5.41) is 16.3. The Balaban J connectivity index is 1.52. The van der Waals surface area contributed by atoms with Crippen LogP contribution in [0.4, 0.5) is 0 Å². The van der Waals surface area contributed by atoms with E-state index in [-0.39, 0.29) is 18.6 Å². The molecule has 0 radical (unpaired) electrons. The minimum Gasteiger partial charge on any atom is -0.396 e. The fourth-order valence-corrected chi connectivity index (χ4v) is 3.71. The van der Waals surface area contributed by atoms with Crippen LogP contribution in [0.2, 0.25) is 0 Å². The third-order valence-electron chi connectivity index (χ3n) is 5.28. The van der Waals surface area contributed by atoms with E-state index in [1.54, 1.807) is 23.1 Å². The Bertz CT molecular complexity index is 979. The number of amides is 1. The lowest BCUT2D eigenvalue weighted by Crippen LogP contribution is -2.27. The molecule has 0 saturated heterocycles. The van der Waals surface area contributed by atoms with E-state index in [2.05, 4.69) is 33.6 Å². The molecule has 0 saturated carbocycles. The monoisotopic (exact) mass is 364 g/mol. The van der Waals surface area contributed by atoms with Crippen molar-refractivity contribution < 1.29 is 9.90 Å². The zero-order valence-corrected chi connectivity index (χ0v) is 15.5. The van der Waals surface area contributed by atoms with Gasteiger partial charge in [-0.3, -0.25) is 4.79 Å². The first kappa shape index (κ1) is 17.7. The number of carbonyl (C=O) groups is 1. The molecule has 6 heteroatoms. The van der Waals surface area contributed by atoms with E-state index in [1.165, 1.54) is 24.0 Å². The number of rotatable bonds is 5. The molecule has 0 fully saturated rings. The second-order valence-electron chi connectivity index (χ2n) is 7.19. The molecular weight excluding hydrogens is 340 g/mol. The van der Waals surface area contributed by atoms with Crippen LogP contribution in [0, 0.1) is 0 Å². The first-order valence-electron chi connectivity index (χ1n) is 9.51. The number of aliphatic hydroxyl groups excluding tert-OH is 1. The summed E-state index contributed by atoms with van der Waals surface area (Å²) in [6.07, 6.45) is 10.3. The van der Waals surface area contributed by atoms with Gasteiger partial charge in [-0.1, -0.05) is 18.2 Å². The van der Waals surface area contributed by atoms with Crippen molar-refractivity contribution in [1.82, 2.24) is 19.9 Å². The van der Waals surface area contributed by atoms with E-state index in [1.807, 2.05) is 6.92 Å². The second kappa shape index (κ2) is 7.48. The minimum atomic E-state index is -0.183. The number of nitrogens with zero attached hydrogens (tertiary/aromatic N) is 3. The Kier molecular flexibility index (Phi) is 4.90. The maximum atomic E-state index is 12.8.